The Hall–Kier alpha value is -0.160. The number of aliphatic hydroxyl groups is 1. The van der Waals surface area contributed by atoms with Gasteiger partial charge in [-0.05, 0) is 19.3 Å². The highest BCUT2D eigenvalue weighted by Crippen LogP contribution is 2.37. The summed E-state index contributed by atoms with van der Waals surface area (Å²) in [7, 11) is 0. The third kappa shape index (κ3) is 2.18. The zero-order chi connectivity index (χ0) is 10.7. The van der Waals surface area contributed by atoms with E-state index in [9.17, 15) is 5.11 Å². The summed E-state index contributed by atoms with van der Waals surface area (Å²) >= 11 is 0. The molecule has 0 radical (unpaired) electrons. The molecule has 0 bridgehead atoms. The summed E-state index contributed by atoms with van der Waals surface area (Å²) < 4.78 is 10.8. The van der Waals surface area contributed by atoms with Crippen LogP contribution in [0.1, 0.15) is 19.3 Å². The lowest BCUT2D eigenvalue weighted by Crippen LogP contribution is -2.48. The molecule has 0 saturated carbocycles. The largest absolute Gasteiger partial charge is 0.392 e. The maximum Gasteiger partial charge on any atom is 0.0681 e. The molecule has 88 valence electrons. The van der Waals surface area contributed by atoms with E-state index in [1.807, 2.05) is 0 Å². The molecule has 0 aromatic rings. The van der Waals surface area contributed by atoms with Crippen LogP contribution < -0.4 is 5.73 Å². The lowest BCUT2D eigenvalue weighted by Gasteiger charge is -2.38. The molecule has 2 saturated heterocycles. The molecule has 0 amide bonds. The third-order valence-electron chi connectivity index (χ3n) is 3.81. The van der Waals surface area contributed by atoms with Gasteiger partial charge >= 0.3 is 0 Å². The average Bonchev–Trinajstić information content (AvgIpc) is 2.79. The lowest BCUT2D eigenvalue weighted by molar-refractivity contribution is -0.0694. The van der Waals surface area contributed by atoms with E-state index in [2.05, 4.69) is 0 Å². The van der Waals surface area contributed by atoms with Crippen LogP contribution in [0.2, 0.25) is 0 Å². The predicted molar refractivity (Wildman–Crippen MR) is 56.5 cm³/mol. The second-order valence-electron chi connectivity index (χ2n) is 4.79. The molecule has 4 nitrogen and oxygen atoms in total. The van der Waals surface area contributed by atoms with Crippen LogP contribution in [-0.4, -0.2) is 44.2 Å². The molecule has 3 unspecified atom stereocenters. The number of hydrogen-bond donors (Lipinski definition) is 2. The number of aliphatic hydroxyl groups excluding tert-OH is 1. The summed E-state index contributed by atoms with van der Waals surface area (Å²) in [6, 6.07) is 0. The minimum atomic E-state index is -0.370. The highest BCUT2D eigenvalue weighted by Gasteiger charge is 2.44. The van der Waals surface area contributed by atoms with Crippen molar-refractivity contribution >= 4 is 0 Å². The normalized spacial score (nSPS) is 39.2. The van der Waals surface area contributed by atoms with Crippen LogP contribution in [0.3, 0.4) is 0 Å². The fraction of sp³-hybridized carbons (Fsp3) is 1.00. The number of hydrogen-bond acceptors (Lipinski definition) is 4. The summed E-state index contributed by atoms with van der Waals surface area (Å²) in [6.07, 6.45) is 2.60. The van der Waals surface area contributed by atoms with Gasteiger partial charge in [-0.1, -0.05) is 0 Å². The first-order valence-corrected chi connectivity index (χ1v) is 5.82. The summed E-state index contributed by atoms with van der Waals surface area (Å²) in [5, 5.41) is 10.4. The van der Waals surface area contributed by atoms with E-state index in [0.29, 0.717) is 19.8 Å². The zero-order valence-corrected chi connectivity index (χ0v) is 9.15. The van der Waals surface area contributed by atoms with E-state index in [4.69, 9.17) is 15.2 Å². The van der Waals surface area contributed by atoms with Crippen molar-refractivity contribution in [3.63, 3.8) is 0 Å². The maximum absolute atomic E-state index is 10.4. The Balaban J connectivity index is 2.00. The van der Waals surface area contributed by atoms with Crippen molar-refractivity contribution in [3.8, 4) is 0 Å². The Bertz CT molecular complexity index is 198. The van der Waals surface area contributed by atoms with Crippen molar-refractivity contribution in [2.75, 3.05) is 33.0 Å². The van der Waals surface area contributed by atoms with Gasteiger partial charge in [0.25, 0.3) is 0 Å². The average molecular weight is 215 g/mol. The van der Waals surface area contributed by atoms with E-state index >= 15 is 0 Å². The summed E-state index contributed by atoms with van der Waals surface area (Å²) in [5.41, 5.74) is 5.58. The van der Waals surface area contributed by atoms with E-state index < -0.39 is 0 Å². The third-order valence-corrected chi connectivity index (χ3v) is 3.81. The molecule has 0 aromatic carbocycles. The lowest BCUT2D eigenvalue weighted by atomic mass is 9.74. The van der Waals surface area contributed by atoms with Crippen LogP contribution in [0.4, 0.5) is 0 Å². The second-order valence-corrected chi connectivity index (χ2v) is 4.79. The number of nitrogens with two attached hydrogens (primary N) is 1. The van der Waals surface area contributed by atoms with Gasteiger partial charge in [-0.3, -0.25) is 0 Å². The van der Waals surface area contributed by atoms with Crippen molar-refractivity contribution in [2.24, 2.45) is 17.1 Å². The topological polar surface area (TPSA) is 64.7 Å². The minimum Gasteiger partial charge on any atom is -0.392 e. The van der Waals surface area contributed by atoms with Gasteiger partial charge in [0.1, 0.15) is 0 Å². The monoisotopic (exact) mass is 215 g/mol. The van der Waals surface area contributed by atoms with Crippen LogP contribution in [0.15, 0.2) is 0 Å². The quantitative estimate of drug-likeness (QED) is 0.703. The Labute approximate surface area is 90.7 Å². The van der Waals surface area contributed by atoms with Crippen LogP contribution in [0.25, 0.3) is 0 Å². The smallest absolute Gasteiger partial charge is 0.0681 e. The molecular weight excluding hydrogens is 194 g/mol. The predicted octanol–water partition coefficient (Wildman–Crippen LogP) is 0.139. The summed E-state index contributed by atoms with van der Waals surface area (Å²) in [5.74, 6) is 0.240. The summed E-state index contributed by atoms with van der Waals surface area (Å²) in [6.45, 7) is 3.33. The van der Waals surface area contributed by atoms with Crippen LogP contribution in [-0.2, 0) is 9.47 Å². The van der Waals surface area contributed by atoms with Crippen molar-refractivity contribution < 1.29 is 14.6 Å². The first-order chi connectivity index (χ1) is 7.28. The highest BCUT2D eigenvalue weighted by molar-refractivity contribution is 4.94. The van der Waals surface area contributed by atoms with Gasteiger partial charge in [-0.25, -0.2) is 0 Å². The summed E-state index contributed by atoms with van der Waals surface area (Å²) in [4.78, 5) is 0. The zero-order valence-electron chi connectivity index (χ0n) is 9.15. The van der Waals surface area contributed by atoms with E-state index in [0.717, 1.165) is 32.5 Å². The number of rotatable bonds is 3. The minimum absolute atomic E-state index is 0.217. The Kier molecular flexibility index (Phi) is 3.61. The molecule has 0 aliphatic carbocycles. The van der Waals surface area contributed by atoms with Crippen molar-refractivity contribution in [2.45, 2.75) is 25.4 Å². The van der Waals surface area contributed by atoms with Gasteiger partial charge in [-0.2, -0.15) is 0 Å². The molecule has 2 fully saturated rings. The van der Waals surface area contributed by atoms with Crippen molar-refractivity contribution in [1.82, 2.24) is 0 Å². The number of ether oxygens (including phenoxy) is 2. The molecule has 2 aliphatic rings. The van der Waals surface area contributed by atoms with Crippen LogP contribution in [0, 0.1) is 11.3 Å². The molecule has 2 rings (SSSR count). The first kappa shape index (κ1) is 11.3. The highest BCUT2D eigenvalue weighted by atomic mass is 16.5. The van der Waals surface area contributed by atoms with Crippen LogP contribution in [0.5, 0.6) is 0 Å². The first-order valence-electron chi connectivity index (χ1n) is 5.82. The van der Waals surface area contributed by atoms with Crippen molar-refractivity contribution in [1.29, 1.82) is 0 Å². The van der Waals surface area contributed by atoms with E-state index in [1.165, 1.54) is 0 Å². The Morgan fingerprint density at radius 2 is 2.27 bits per heavy atom. The maximum atomic E-state index is 10.4. The van der Waals surface area contributed by atoms with Gasteiger partial charge in [0, 0.05) is 31.1 Å². The Morgan fingerprint density at radius 1 is 1.40 bits per heavy atom. The van der Waals surface area contributed by atoms with Crippen molar-refractivity contribution in [3.05, 3.63) is 0 Å². The second kappa shape index (κ2) is 4.78. The molecule has 2 heterocycles. The van der Waals surface area contributed by atoms with Gasteiger partial charge in [0.05, 0.1) is 19.3 Å². The molecule has 3 N–H and O–H groups in total. The van der Waals surface area contributed by atoms with Gasteiger partial charge in [0.15, 0.2) is 0 Å². The van der Waals surface area contributed by atoms with Gasteiger partial charge in [0.2, 0.25) is 0 Å². The Morgan fingerprint density at radius 3 is 2.80 bits per heavy atom. The van der Waals surface area contributed by atoms with Gasteiger partial charge in [-0.15, -0.1) is 0 Å². The molecule has 15 heavy (non-hydrogen) atoms. The molecular formula is C11H21NO3. The SMILES string of the molecule is NCC1(C(O)C2CCCOC2)CCOC1. The fourth-order valence-corrected chi connectivity index (χ4v) is 2.65. The van der Waals surface area contributed by atoms with E-state index in [-0.39, 0.29) is 17.4 Å². The molecule has 4 heteroatoms. The molecule has 3 atom stereocenters. The molecule has 2 aliphatic heterocycles. The molecule has 0 spiro atoms. The molecule has 0 aromatic heterocycles. The fourth-order valence-electron chi connectivity index (χ4n) is 2.65. The van der Waals surface area contributed by atoms with Crippen LogP contribution >= 0.6 is 0 Å². The standard InChI is InChI=1S/C11H21NO3/c12-7-11(3-5-15-8-11)10(13)9-2-1-4-14-6-9/h9-10,13H,1-8,12H2. The van der Waals surface area contributed by atoms with E-state index in [1.54, 1.807) is 0 Å². The van der Waals surface area contributed by atoms with Gasteiger partial charge < -0.3 is 20.3 Å².